The van der Waals surface area contributed by atoms with E-state index in [0.29, 0.717) is 9.54 Å². The molecule has 0 fully saturated rings. The predicted molar refractivity (Wildman–Crippen MR) is 52.3 cm³/mol. The van der Waals surface area contributed by atoms with Crippen molar-refractivity contribution in [3.8, 4) is 0 Å². The summed E-state index contributed by atoms with van der Waals surface area (Å²) < 4.78 is 0.695. The van der Waals surface area contributed by atoms with Crippen LogP contribution in [0.3, 0.4) is 0 Å². The van der Waals surface area contributed by atoms with Crippen molar-refractivity contribution in [3.63, 3.8) is 0 Å². The van der Waals surface area contributed by atoms with Crippen LogP contribution >= 0.6 is 0 Å². The molecular formula is C12H13Cl2Zr. The first-order chi connectivity index (χ1) is 6.20. The van der Waals surface area contributed by atoms with Gasteiger partial charge >= 0.3 is 95.2 Å². The monoisotopic (exact) mass is 317 g/mol. The Labute approximate surface area is 119 Å². The maximum absolute atomic E-state index is 2.33. The van der Waals surface area contributed by atoms with Crippen LogP contribution in [0.2, 0.25) is 0 Å². The van der Waals surface area contributed by atoms with Crippen molar-refractivity contribution in [2.45, 2.75) is 23.4 Å². The van der Waals surface area contributed by atoms with Gasteiger partial charge in [-0.25, -0.2) is 0 Å². The van der Waals surface area contributed by atoms with Crippen molar-refractivity contribution < 1.29 is 49.5 Å². The van der Waals surface area contributed by atoms with Gasteiger partial charge in [0.1, 0.15) is 0 Å². The molecule has 1 aliphatic carbocycles. The molecule has 0 aliphatic heterocycles. The second kappa shape index (κ2) is 6.23. The summed E-state index contributed by atoms with van der Waals surface area (Å²) in [6, 6.07) is 6.71. The van der Waals surface area contributed by atoms with E-state index < -0.39 is 0 Å². The molecule has 1 aliphatic rings. The van der Waals surface area contributed by atoms with E-state index >= 15 is 0 Å². The summed E-state index contributed by atoms with van der Waals surface area (Å²) in [5, 5.41) is 0. The number of fused-ring (bicyclic) bond motifs is 1. The zero-order valence-electron chi connectivity index (χ0n) is 8.80. The van der Waals surface area contributed by atoms with Gasteiger partial charge in [-0.3, -0.25) is 0 Å². The van der Waals surface area contributed by atoms with Crippen LogP contribution < -0.4 is 24.8 Å². The van der Waals surface area contributed by atoms with Gasteiger partial charge in [-0.15, -0.1) is 0 Å². The predicted octanol–water partition coefficient (Wildman–Crippen LogP) is -2.57. The minimum atomic E-state index is 0. The molecule has 2 rings (SSSR count). The van der Waals surface area contributed by atoms with Gasteiger partial charge in [0.25, 0.3) is 0 Å². The van der Waals surface area contributed by atoms with Gasteiger partial charge in [0.15, 0.2) is 0 Å². The quantitative estimate of drug-likeness (QED) is 0.534. The van der Waals surface area contributed by atoms with Crippen LogP contribution in [0.1, 0.15) is 40.1 Å². The normalized spacial score (nSPS) is 17.0. The van der Waals surface area contributed by atoms with E-state index in [1.165, 1.54) is 16.7 Å². The van der Waals surface area contributed by atoms with E-state index in [4.69, 9.17) is 0 Å². The molecule has 79 valence electrons. The van der Waals surface area contributed by atoms with E-state index in [-0.39, 0.29) is 24.8 Å². The summed E-state index contributed by atoms with van der Waals surface area (Å²) in [5.41, 5.74) is 4.52. The molecule has 1 unspecified atom stereocenters. The molecule has 0 aromatic heterocycles. The molecule has 0 amide bonds. The van der Waals surface area contributed by atoms with Crippen molar-refractivity contribution in [3.05, 3.63) is 41.0 Å². The fourth-order valence-corrected chi connectivity index (χ4v) is 2.72. The Hall–Kier alpha value is 0.423. The van der Waals surface area contributed by atoms with E-state index in [9.17, 15) is 0 Å². The minimum Gasteiger partial charge on any atom is -1.00 e. The molecular weight excluding hydrogens is 306 g/mol. The Kier molecular flexibility index (Phi) is 6.41. The van der Waals surface area contributed by atoms with E-state index in [0.717, 1.165) is 0 Å². The average molecular weight is 319 g/mol. The molecule has 0 N–H and O–H groups in total. The third-order valence-corrected chi connectivity index (χ3v) is 3.82. The number of halogens is 2. The second-order valence-corrected chi connectivity index (χ2v) is 5.37. The molecule has 15 heavy (non-hydrogen) atoms. The molecule has 0 saturated carbocycles. The number of benzene rings is 1. The van der Waals surface area contributed by atoms with E-state index in [1.807, 2.05) is 0 Å². The Morgan fingerprint density at radius 2 is 1.87 bits per heavy atom. The molecule has 3 heteroatoms. The fourth-order valence-electron chi connectivity index (χ4n) is 1.86. The summed E-state index contributed by atoms with van der Waals surface area (Å²) in [6.45, 7) is 4.53. The first-order valence-corrected chi connectivity index (χ1v) is 6.14. The fraction of sp³-hybridized carbons (Fsp3) is 0.333. The van der Waals surface area contributed by atoms with Gasteiger partial charge in [0.05, 0.1) is 0 Å². The molecule has 1 atom stereocenters. The van der Waals surface area contributed by atoms with E-state index in [2.05, 4.69) is 44.2 Å². The van der Waals surface area contributed by atoms with Gasteiger partial charge in [0.2, 0.25) is 0 Å². The number of rotatable bonds is 1. The first-order valence-electron chi connectivity index (χ1n) is 4.72. The SMILES string of the molecule is CC(C)c1cccc2c1C=C[CH]2[Zr+2].[Cl-].[Cl-]. The smallest absolute Gasteiger partial charge is 1.00 e. The Morgan fingerprint density at radius 3 is 2.47 bits per heavy atom. The van der Waals surface area contributed by atoms with Gasteiger partial charge in [0, 0.05) is 0 Å². The van der Waals surface area contributed by atoms with Gasteiger partial charge in [-0.05, 0) is 0 Å². The van der Waals surface area contributed by atoms with Gasteiger partial charge in [-0.2, -0.15) is 0 Å². The molecule has 0 radical (unpaired) electrons. The number of hydrogen-bond acceptors (Lipinski definition) is 0. The number of allylic oxidation sites excluding steroid dienone is 1. The van der Waals surface area contributed by atoms with Crippen molar-refractivity contribution in [1.29, 1.82) is 0 Å². The average Bonchev–Trinajstić information content (AvgIpc) is 2.48. The Bertz CT molecular complexity index is 359. The van der Waals surface area contributed by atoms with Crippen LogP contribution in [0.4, 0.5) is 0 Å². The Balaban J connectivity index is 0.000000980. The first kappa shape index (κ1) is 15.4. The third kappa shape index (κ3) is 2.96. The van der Waals surface area contributed by atoms with Crippen molar-refractivity contribution >= 4 is 6.08 Å². The van der Waals surface area contributed by atoms with Crippen LogP contribution in [0.15, 0.2) is 24.3 Å². The topological polar surface area (TPSA) is 0 Å². The second-order valence-electron chi connectivity index (χ2n) is 3.84. The van der Waals surface area contributed by atoms with E-state index in [1.54, 1.807) is 24.7 Å². The van der Waals surface area contributed by atoms with Crippen LogP contribution in [-0.4, -0.2) is 0 Å². The summed E-state index contributed by atoms with van der Waals surface area (Å²) in [5.74, 6) is 0.640. The molecule has 0 nitrogen and oxygen atoms in total. The molecule has 0 saturated heterocycles. The summed E-state index contributed by atoms with van der Waals surface area (Å²) >= 11 is 1.60. The van der Waals surface area contributed by atoms with Gasteiger partial charge < -0.3 is 24.8 Å². The maximum atomic E-state index is 2.33. The van der Waals surface area contributed by atoms with Crippen molar-refractivity contribution in [2.75, 3.05) is 0 Å². The van der Waals surface area contributed by atoms with Crippen LogP contribution in [0, 0.1) is 0 Å². The largest absolute Gasteiger partial charge is 1.00 e. The van der Waals surface area contributed by atoms with Crippen LogP contribution in [-0.2, 0) is 24.7 Å². The maximum Gasteiger partial charge on any atom is -1.00 e. The minimum absolute atomic E-state index is 0. The zero-order valence-corrected chi connectivity index (χ0v) is 12.8. The molecule has 0 spiro atoms. The summed E-state index contributed by atoms with van der Waals surface area (Å²) in [4.78, 5) is 0. The molecule has 0 bridgehead atoms. The standard InChI is InChI=1S/C12H13.2ClH.Zr/c1-9(2)11-7-3-5-10-6-4-8-12(10)11;;;/h3-9H,1-2H3;2*1H;/q;;;+2/p-2. The summed E-state index contributed by atoms with van der Waals surface area (Å²) in [7, 11) is 0. The Morgan fingerprint density at radius 1 is 1.20 bits per heavy atom. The van der Waals surface area contributed by atoms with Crippen molar-refractivity contribution in [2.24, 2.45) is 0 Å². The van der Waals surface area contributed by atoms with Crippen molar-refractivity contribution in [1.82, 2.24) is 0 Å². The zero-order chi connectivity index (χ0) is 9.42. The van der Waals surface area contributed by atoms with Crippen LogP contribution in [0.5, 0.6) is 0 Å². The van der Waals surface area contributed by atoms with Gasteiger partial charge in [-0.1, -0.05) is 0 Å². The van der Waals surface area contributed by atoms with Crippen LogP contribution in [0.25, 0.3) is 6.08 Å². The molecule has 1 aromatic carbocycles. The third-order valence-electron chi connectivity index (χ3n) is 2.59. The molecule has 1 aromatic rings. The number of hydrogen-bond donors (Lipinski definition) is 0. The molecule has 0 heterocycles. The summed E-state index contributed by atoms with van der Waals surface area (Å²) in [6.07, 6.45) is 4.62.